The monoisotopic (exact) mass is 196 g/mol. The maximum atomic E-state index is 10.7. The zero-order chi connectivity index (χ0) is 10.6. The molecule has 1 aromatic heterocycles. The molecule has 0 aliphatic heterocycles. The number of aryl methyl sites for hydroxylation is 1. The van der Waals surface area contributed by atoms with Gasteiger partial charge in [0.15, 0.2) is 0 Å². The second kappa shape index (κ2) is 4.66. The molecule has 0 aromatic carbocycles. The molecule has 0 atom stereocenters. The van der Waals surface area contributed by atoms with Crippen LogP contribution in [-0.2, 0) is 11.2 Å². The van der Waals surface area contributed by atoms with Crippen LogP contribution in [0.5, 0.6) is 0 Å². The average molecular weight is 196 g/mol. The van der Waals surface area contributed by atoms with Crippen molar-refractivity contribution in [3.8, 4) is 0 Å². The van der Waals surface area contributed by atoms with E-state index < -0.39 is 4.92 Å². The van der Waals surface area contributed by atoms with Crippen LogP contribution < -0.4 is 0 Å². The third-order valence-corrected chi connectivity index (χ3v) is 1.82. The van der Waals surface area contributed by atoms with E-state index in [-0.39, 0.29) is 5.69 Å². The fraction of sp³-hybridized carbons (Fsp3) is 0.444. The minimum atomic E-state index is -0.412. The fourth-order valence-electron chi connectivity index (χ4n) is 1.13. The Morgan fingerprint density at radius 2 is 2.36 bits per heavy atom. The van der Waals surface area contributed by atoms with Gasteiger partial charge in [0.2, 0.25) is 0 Å². The summed E-state index contributed by atoms with van der Waals surface area (Å²) in [5.41, 5.74) is 1.34. The smallest absolute Gasteiger partial charge is 0.291 e. The van der Waals surface area contributed by atoms with Gasteiger partial charge in [-0.25, -0.2) is 0 Å². The van der Waals surface area contributed by atoms with Crippen LogP contribution in [0.3, 0.4) is 0 Å². The van der Waals surface area contributed by atoms with Crippen LogP contribution in [0.1, 0.15) is 11.3 Å². The summed E-state index contributed by atoms with van der Waals surface area (Å²) in [6.07, 6.45) is 2.09. The maximum absolute atomic E-state index is 10.7. The molecular weight excluding hydrogens is 184 g/mol. The summed E-state index contributed by atoms with van der Waals surface area (Å²) in [6, 6.07) is 1.53. The Hall–Kier alpha value is -1.49. The first-order valence-corrected chi connectivity index (χ1v) is 4.24. The molecule has 0 spiro atoms. The van der Waals surface area contributed by atoms with Crippen molar-refractivity contribution in [1.29, 1.82) is 0 Å². The van der Waals surface area contributed by atoms with Gasteiger partial charge >= 0.3 is 0 Å². The lowest BCUT2D eigenvalue weighted by Crippen LogP contribution is -2.02. The molecule has 1 heterocycles. The van der Waals surface area contributed by atoms with Crippen molar-refractivity contribution < 1.29 is 9.66 Å². The van der Waals surface area contributed by atoms with Gasteiger partial charge in [-0.3, -0.25) is 15.1 Å². The van der Waals surface area contributed by atoms with Crippen molar-refractivity contribution in [2.45, 2.75) is 13.3 Å². The molecule has 0 saturated heterocycles. The van der Waals surface area contributed by atoms with Crippen LogP contribution in [-0.4, -0.2) is 23.6 Å². The van der Waals surface area contributed by atoms with Crippen molar-refractivity contribution in [3.63, 3.8) is 0 Å². The van der Waals surface area contributed by atoms with E-state index in [1.807, 2.05) is 0 Å². The summed E-state index contributed by atoms with van der Waals surface area (Å²) >= 11 is 0. The van der Waals surface area contributed by atoms with Gasteiger partial charge in [0.25, 0.3) is 5.69 Å². The average Bonchev–Trinajstić information content (AvgIpc) is 2.15. The summed E-state index contributed by atoms with van der Waals surface area (Å²) in [7, 11) is 1.56. The van der Waals surface area contributed by atoms with Crippen molar-refractivity contribution in [1.82, 2.24) is 4.98 Å². The van der Waals surface area contributed by atoms with Gasteiger partial charge in [-0.1, -0.05) is 0 Å². The fourth-order valence-corrected chi connectivity index (χ4v) is 1.13. The molecular formula is C9H12N2O3. The third-order valence-electron chi connectivity index (χ3n) is 1.82. The van der Waals surface area contributed by atoms with Crippen LogP contribution >= 0.6 is 0 Å². The molecule has 0 N–H and O–H groups in total. The zero-order valence-corrected chi connectivity index (χ0v) is 8.19. The highest BCUT2D eigenvalue weighted by Crippen LogP contribution is 2.17. The first-order chi connectivity index (χ1) is 6.65. The molecule has 0 unspecified atom stereocenters. The van der Waals surface area contributed by atoms with Gasteiger partial charge < -0.3 is 4.74 Å². The number of nitrogens with zero attached hydrogens (tertiary/aromatic N) is 2. The number of methoxy groups -OCH3 is 1. The van der Waals surface area contributed by atoms with Gasteiger partial charge in [0, 0.05) is 25.8 Å². The minimum absolute atomic E-state index is 0.0713. The molecule has 0 aliphatic rings. The predicted molar refractivity (Wildman–Crippen MR) is 51.2 cm³/mol. The molecule has 5 heteroatoms. The van der Waals surface area contributed by atoms with Crippen molar-refractivity contribution >= 4 is 5.69 Å². The van der Waals surface area contributed by atoms with E-state index in [2.05, 4.69) is 4.98 Å². The van der Waals surface area contributed by atoms with Gasteiger partial charge in [-0.15, -0.1) is 0 Å². The largest absolute Gasteiger partial charge is 0.384 e. The molecule has 1 aromatic rings. The summed E-state index contributed by atoms with van der Waals surface area (Å²) < 4.78 is 4.85. The number of aromatic nitrogens is 1. The zero-order valence-electron chi connectivity index (χ0n) is 8.19. The molecule has 0 bridgehead atoms. The lowest BCUT2D eigenvalue weighted by molar-refractivity contribution is -0.386. The Morgan fingerprint density at radius 3 is 2.93 bits per heavy atom. The molecule has 1 rings (SSSR count). The highest BCUT2D eigenvalue weighted by Gasteiger charge is 2.14. The molecule has 0 saturated carbocycles. The van der Waals surface area contributed by atoms with E-state index >= 15 is 0 Å². The van der Waals surface area contributed by atoms with E-state index in [0.717, 1.165) is 5.56 Å². The minimum Gasteiger partial charge on any atom is -0.384 e. The lowest BCUT2D eigenvalue weighted by atomic mass is 10.2. The van der Waals surface area contributed by atoms with Gasteiger partial charge in [-0.05, 0) is 12.5 Å². The molecule has 0 fully saturated rings. The van der Waals surface area contributed by atoms with Crippen molar-refractivity contribution in [2.24, 2.45) is 0 Å². The van der Waals surface area contributed by atoms with Gasteiger partial charge in [0.05, 0.1) is 11.5 Å². The van der Waals surface area contributed by atoms with E-state index in [1.165, 1.54) is 6.07 Å². The number of ether oxygens (including phenoxy) is 1. The molecule has 14 heavy (non-hydrogen) atoms. The molecule has 5 nitrogen and oxygen atoms in total. The van der Waals surface area contributed by atoms with Crippen molar-refractivity contribution in [3.05, 3.63) is 33.6 Å². The highest BCUT2D eigenvalue weighted by molar-refractivity contribution is 5.37. The van der Waals surface area contributed by atoms with Crippen molar-refractivity contribution in [2.75, 3.05) is 13.7 Å². The second-order valence-electron chi connectivity index (χ2n) is 2.98. The summed E-state index contributed by atoms with van der Waals surface area (Å²) in [4.78, 5) is 14.3. The quantitative estimate of drug-likeness (QED) is 0.540. The number of nitro groups is 1. The predicted octanol–water partition coefficient (Wildman–Crippen LogP) is 1.49. The lowest BCUT2D eigenvalue weighted by Gasteiger charge is -2.01. The van der Waals surface area contributed by atoms with E-state index in [4.69, 9.17) is 4.74 Å². The Morgan fingerprint density at radius 1 is 1.64 bits per heavy atom. The SMILES string of the molecule is COCCc1ncc(C)cc1[N+](=O)[O-]. The molecule has 0 radical (unpaired) electrons. The Balaban J connectivity index is 2.96. The first kappa shape index (κ1) is 10.6. The van der Waals surface area contributed by atoms with Crippen LogP contribution in [0.4, 0.5) is 5.69 Å². The van der Waals surface area contributed by atoms with E-state index in [1.54, 1.807) is 20.2 Å². The Bertz CT molecular complexity index is 339. The Labute approximate surface area is 81.9 Å². The molecule has 0 aliphatic carbocycles. The first-order valence-electron chi connectivity index (χ1n) is 4.24. The summed E-state index contributed by atoms with van der Waals surface area (Å²) in [6.45, 7) is 2.22. The number of rotatable bonds is 4. The van der Waals surface area contributed by atoms with Gasteiger partial charge in [0.1, 0.15) is 5.69 Å². The number of pyridine rings is 1. The van der Waals surface area contributed by atoms with Gasteiger partial charge in [-0.2, -0.15) is 0 Å². The van der Waals surface area contributed by atoms with E-state index in [0.29, 0.717) is 18.7 Å². The molecule has 76 valence electrons. The number of hydrogen-bond acceptors (Lipinski definition) is 4. The number of hydrogen-bond donors (Lipinski definition) is 0. The standard InChI is InChI=1S/C9H12N2O3/c1-7-5-9(11(12)13)8(10-6-7)3-4-14-2/h5-6H,3-4H2,1-2H3. The van der Waals surface area contributed by atoms with Crippen LogP contribution in [0.2, 0.25) is 0 Å². The summed E-state index contributed by atoms with van der Waals surface area (Å²) in [5, 5.41) is 10.7. The Kier molecular flexibility index (Phi) is 3.53. The summed E-state index contributed by atoms with van der Waals surface area (Å²) in [5.74, 6) is 0. The second-order valence-corrected chi connectivity index (χ2v) is 2.98. The van der Waals surface area contributed by atoms with Crippen LogP contribution in [0.25, 0.3) is 0 Å². The van der Waals surface area contributed by atoms with Crippen LogP contribution in [0.15, 0.2) is 12.3 Å². The normalized spacial score (nSPS) is 10.1. The third kappa shape index (κ3) is 2.50. The maximum Gasteiger partial charge on any atom is 0.291 e. The van der Waals surface area contributed by atoms with Crippen LogP contribution in [0, 0.1) is 17.0 Å². The van der Waals surface area contributed by atoms with E-state index in [9.17, 15) is 10.1 Å². The highest BCUT2D eigenvalue weighted by atomic mass is 16.6. The topological polar surface area (TPSA) is 65.3 Å². The molecule has 0 amide bonds.